The molecule has 4 aromatic carbocycles. The number of hydrogen-bond acceptors (Lipinski definition) is 2. The van der Waals surface area contributed by atoms with E-state index in [1.165, 1.54) is 43.8 Å². The van der Waals surface area contributed by atoms with Crippen LogP contribution in [0.1, 0.15) is 11.1 Å². The first-order chi connectivity index (χ1) is 17.5. The van der Waals surface area contributed by atoms with Gasteiger partial charge in [0.05, 0.1) is 12.5 Å². The summed E-state index contributed by atoms with van der Waals surface area (Å²) in [5.74, 6) is 6.37. The molecule has 6 heteroatoms. The predicted octanol–water partition coefficient (Wildman–Crippen LogP) is 10.4. The zero-order valence-corrected chi connectivity index (χ0v) is 26.9. The molecular formula is C30H28Cl2GeO2Zr. The van der Waals surface area contributed by atoms with Crippen LogP contribution in [0.4, 0.5) is 0 Å². The fraction of sp³-hybridized carbons (Fsp3) is 0.133. The number of aryl methyl sites for hydroxylation is 2. The van der Waals surface area contributed by atoms with Gasteiger partial charge in [0.25, 0.3) is 0 Å². The molecule has 0 aliphatic carbocycles. The van der Waals surface area contributed by atoms with E-state index >= 15 is 0 Å². The van der Waals surface area contributed by atoms with Gasteiger partial charge in [0.15, 0.2) is 0 Å². The molecule has 0 unspecified atom stereocenters. The first-order valence-electron chi connectivity index (χ1n) is 11.5. The molecule has 2 aromatic heterocycles. The van der Waals surface area contributed by atoms with Gasteiger partial charge in [-0.1, -0.05) is 26.0 Å². The molecule has 0 amide bonds. The Bertz CT molecular complexity index is 1340. The predicted molar refractivity (Wildman–Crippen MR) is 153 cm³/mol. The molecule has 0 fully saturated rings. The van der Waals surface area contributed by atoms with Crippen LogP contribution in [0.3, 0.4) is 0 Å². The normalized spacial score (nSPS) is 9.94. The molecule has 0 bridgehead atoms. The SMILES string of the molecule is Cc1cc2c(-c3ccco3)cccc2[cH-]1.Cc1cc2c(-c3ccco3)cccc2[cH-]1.[CH3][Ge][CH3].[Cl][Zr+2][Cl]. The van der Waals surface area contributed by atoms with Crippen LogP contribution in [0.15, 0.2) is 106 Å². The van der Waals surface area contributed by atoms with E-state index in [1.807, 2.05) is 24.3 Å². The van der Waals surface area contributed by atoms with E-state index < -0.39 is 20.8 Å². The summed E-state index contributed by atoms with van der Waals surface area (Å²) < 4.78 is 10.9. The number of rotatable bonds is 2. The van der Waals surface area contributed by atoms with Crippen molar-refractivity contribution in [3.63, 3.8) is 0 Å². The summed E-state index contributed by atoms with van der Waals surface area (Å²) in [6, 6.07) is 29.2. The van der Waals surface area contributed by atoms with Crippen LogP contribution in [-0.4, -0.2) is 15.4 Å². The molecule has 0 spiro atoms. The van der Waals surface area contributed by atoms with Gasteiger partial charge in [0.2, 0.25) is 0 Å². The third-order valence-electron chi connectivity index (χ3n) is 5.36. The first kappa shape index (κ1) is 28.8. The number of hydrogen-bond donors (Lipinski definition) is 0. The van der Waals surface area contributed by atoms with E-state index in [9.17, 15) is 0 Å². The molecule has 0 aliphatic heterocycles. The molecule has 0 atom stereocenters. The molecule has 0 saturated heterocycles. The summed E-state index contributed by atoms with van der Waals surface area (Å²) in [5.41, 5.74) is 4.93. The number of fused-ring (bicyclic) bond motifs is 2. The van der Waals surface area contributed by atoms with Gasteiger partial charge in [-0.3, -0.25) is 0 Å². The Morgan fingerprint density at radius 1 is 0.667 bits per heavy atom. The van der Waals surface area contributed by atoms with Crippen molar-refractivity contribution in [2.45, 2.75) is 25.4 Å². The molecule has 0 aliphatic rings. The van der Waals surface area contributed by atoms with Gasteiger partial charge < -0.3 is 8.83 Å². The van der Waals surface area contributed by atoms with Gasteiger partial charge in [0.1, 0.15) is 11.5 Å². The standard InChI is InChI=1S/2C14H11O.C2H6Ge.2ClH.Zr/c2*1-10-8-11-4-2-5-12(13(11)9-10)14-6-3-7-15-14;1-3-2;;;/h2*2-9H,1H3;1-2H3;2*1H;/q2*-1;;;;+4/p-2. The van der Waals surface area contributed by atoms with Gasteiger partial charge in [-0.05, 0) is 35.4 Å². The van der Waals surface area contributed by atoms with Crippen molar-refractivity contribution in [3.8, 4) is 22.6 Å². The van der Waals surface area contributed by atoms with Gasteiger partial charge in [-0.25, -0.2) is 0 Å². The van der Waals surface area contributed by atoms with Crippen LogP contribution < -0.4 is 0 Å². The van der Waals surface area contributed by atoms with Crippen LogP contribution >= 0.6 is 17.0 Å². The maximum absolute atomic E-state index is 5.44. The van der Waals surface area contributed by atoms with Gasteiger partial charge in [-0.15, -0.1) is 69.1 Å². The average molecular weight is 655 g/mol. The Labute approximate surface area is 238 Å². The minimum atomic E-state index is -0.826. The second-order valence-corrected chi connectivity index (χ2v) is 14.0. The van der Waals surface area contributed by atoms with E-state index in [0.29, 0.717) is 15.4 Å². The zero-order chi connectivity index (χ0) is 25.9. The van der Waals surface area contributed by atoms with E-state index in [-0.39, 0.29) is 0 Å². The second-order valence-electron chi connectivity index (χ2n) is 8.21. The van der Waals surface area contributed by atoms with Crippen LogP contribution in [0.5, 0.6) is 0 Å². The zero-order valence-electron chi connectivity index (χ0n) is 20.8. The summed E-state index contributed by atoms with van der Waals surface area (Å²) in [5, 5.41) is 5.10. The van der Waals surface area contributed by atoms with Crippen LogP contribution in [-0.2, 0) is 20.8 Å². The molecule has 2 heterocycles. The Morgan fingerprint density at radius 3 is 1.39 bits per heavy atom. The van der Waals surface area contributed by atoms with E-state index in [1.54, 1.807) is 12.5 Å². The van der Waals surface area contributed by atoms with Gasteiger partial charge in [0, 0.05) is 0 Å². The average Bonchev–Trinajstić information content (AvgIpc) is 3.66. The number of halogens is 2. The van der Waals surface area contributed by atoms with E-state index in [2.05, 4.69) is 86.0 Å². The second kappa shape index (κ2) is 14.8. The molecule has 2 radical (unpaired) electrons. The van der Waals surface area contributed by atoms with Crippen molar-refractivity contribution >= 4 is 54.0 Å². The maximum atomic E-state index is 5.44. The van der Waals surface area contributed by atoms with Crippen molar-refractivity contribution in [3.05, 3.63) is 109 Å². The molecular weight excluding hydrogens is 627 g/mol. The van der Waals surface area contributed by atoms with Gasteiger partial charge >= 0.3 is 64.8 Å². The summed E-state index contributed by atoms with van der Waals surface area (Å²) in [6.45, 7) is 4.23. The summed E-state index contributed by atoms with van der Waals surface area (Å²) >= 11 is -0.326. The van der Waals surface area contributed by atoms with E-state index in [0.717, 1.165) is 11.5 Å². The Hall–Kier alpha value is -1.77. The Kier molecular flexibility index (Phi) is 11.9. The molecule has 36 heavy (non-hydrogen) atoms. The third-order valence-corrected chi connectivity index (χ3v) is 5.36. The minimum absolute atomic E-state index is 0.500. The fourth-order valence-corrected chi connectivity index (χ4v) is 4.06. The third kappa shape index (κ3) is 7.62. The molecule has 182 valence electrons. The van der Waals surface area contributed by atoms with Crippen molar-refractivity contribution in [2.75, 3.05) is 0 Å². The molecule has 2 nitrogen and oxygen atoms in total. The quantitative estimate of drug-likeness (QED) is 0.137. The first-order valence-corrected chi connectivity index (χ1v) is 22.0. The number of furan rings is 2. The van der Waals surface area contributed by atoms with Crippen molar-refractivity contribution < 1.29 is 29.7 Å². The van der Waals surface area contributed by atoms with Crippen molar-refractivity contribution in [1.29, 1.82) is 0 Å². The fourth-order valence-electron chi connectivity index (χ4n) is 4.06. The van der Waals surface area contributed by atoms with E-state index in [4.69, 9.17) is 25.9 Å². The molecule has 6 aromatic rings. The van der Waals surface area contributed by atoms with Crippen LogP contribution in [0.2, 0.25) is 11.5 Å². The molecule has 0 N–H and O–H groups in total. The van der Waals surface area contributed by atoms with Gasteiger partial charge in [-0.2, -0.15) is 12.1 Å². The summed E-state index contributed by atoms with van der Waals surface area (Å²) in [4.78, 5) is 0. The number of benzene rings is 2. The molecule has 6 rings (SSSR count). The Morgan fingerprint density at radius 2 is 1.06 bits per heavy atom. The van der Waals surface area contributed by atoms with Crippen LogP contribution in [0, 0.1) is 13.8 Å². The van der Waals surface area contributed by atoms with Crippen LogP contribution in [0.25, 0.3) is 44.2 Å². The molecule has 0 saturated carbocycles. The summed E-state index contributed by atoms with van der Waals surface area (Å²) in [6.07, 6.45) is 3.42. The Balaban J connectivity index is 0.000000165. The topological polar surface area (TPSA) is 26.3 Å². The monoisotopic (exact) mass is 654 g/mol. The van der Waals surface area contributed by atoms with Crippen molar-refractivity contribution in [1.82, 2.24) is 0 Å². The summed E-state index contributed by atoms with van der Waals surface area (Å²) in [7, 11) is 9.87. The van der Waals surface area contributed by atoms with Crippen molar-refractivity contribution in [2.24, 2.45) is 0 Å².